The molecule has 0 bridgehead atoms. The second kappa shape index (κ2) is 7.60. The van der Waals surface area contributed by atoms with Gasteiger partial charge in [0.15, 0.2) is 5.69 Å². The van der Waals surface area contributed by atoms with E-state index in [1.54, 1.807) is 11.0 Å². The fraction of sp³-hybridized carbons (Fsp3) is 0.529. The first-order valence-corrected chi connectivity index (χ1v) is 8.63. The molecule has 0 aliphatic carbocycles. The lowest BCUT2D eigenvalue weighted by atomic mass is 10.1. The number of aromatic nitrogens is 2. The SMILES string of the molecule is CCCN(CC1CCCCO1)C(=O)c1n[nH]c2ccc([N+](=O)[O-])cc12. The predicted molar refractivity (Wildman–Crippen MR) is 92.5 cm³/mol. The topological polar surface area (TPSA) is 101 Å². The number of nitrogens with one attached hydrogen (secondary N) is 1. The molecule has 1 aliphatic rings. The van der Waals surface area contributed by atoms with Crippen LogP contribution < -0.4 is 0 Å². The highest BCUT2D eigenvalue weighted by Gasteiger charge is 2.25. The minimum Gasteiger partial charge on any atom is -0.376 e. The van der Waals surface area contributed by atoms with E-state index in [9.17, 15) is 14.9 Å². The molecule has 2 aromatic rings. The number of ether oxygens (including phenoxy) is 1. The average Bonchev–Trinajstić information content (AvgIpc) is 3.04. The average molecular weight is 346 g/mol. The van der Waals surface area contributed by atoms with Crippen molar-refractivity contribution in [2.75, 3.05) is 19.7 Å². The van der Waals surface area contributed by atoms with E-state index in [2.05, 4.69) is 10.2 Å². The summed E-state index contributed by atoms with van der Waals surface area (Å²) < 4.78 is 5.75. The van der Waals surface area contributed by atoms with Crippen LogP contribution in [0.25, 0.3) is 10.9 Å². The van der Waals surface area contributed by atoms with Crippen molar-refractivity contribution >= 4 is 22.5 Å². The van der Waals surface area contributed by atoms with Crippen molar-refractivity contribution < 1.29 is 14.5 Å². The molecule has 0 radical (unpaired) electrons. The van der Waals surface area contributed by atoms with Gasteiger partial charge in [0.2, 0.25) is 0 Å². The van der Waals surface area contributed by atoms with Gasteiger partial charge in [0, 0.05) is 37.2 Å². The Hall–Kier alpha value is -2.48. The molecule has 1 aromatic carbocycles. The number of hydrogen-bond acceptors (Lipinski definition) is 5. The van der Waals surface area contributed by atoms with Crippen LogP contribution in [0.5, 0.6) is 0 Å². The van der Waals surface area contributed by atoms with Gasteiger partial charge in [0.05, 0.1) is 16.5 Å². The molecule has 1 amide bonds. The van der Waals surface area contributed by atoms with Crippen LogP contribution in [0.4, 0.5) is 5.69 Å². The zero-order valence-corrected chi connectivity index (χ0v) is 14.2. The lowest BCUT2D eigenvalue weighted by Crippen LogP contribution is -2.40. The number of aromatic amines is 1. The predicted octanol–water partition coefficient (Wildman–Crippen LogP) is 2.89. The summed E-state index contributed by atoms with van der Waals surface area (Å²) in [4.78, 5) is 25.3. The third-order valence-corrected chi connectivity index (χ3v) is 4.44. The monoisotopic (exact) mass is 346 g/mol. The van der Waals surface area contributed by atoms with Gasteiger partial charge in [0.1, 0.15) is 0 Å². The summed E-state index contributed by atoms with van der Waals surface area (Å²) in [6, 6.07) is 4.37. The Morgan fingerprint density at radius 2 is 2.32 bits per heavy atom. The number of amides is 1. The Morgan fingerprint density at radius 1 is 1.48 bits per heavy atom. The molecule has 134 valence electrons. The van der Waals surface area contributed by atoms with E-state index < -0.39 is 4.92 Å². The van der Waals surface area contributed by atoms with Gasteiger partial charge < -0.3 is 9.64 Å². The number of carbonyl (C=O) groups excluding carboxylic acids is 1. The molecular weight excluding hydrogens is 324 g/mol. The molecule has 1 aromatic heterocycles. The number of fused-ring (bicyclic) bond motifs is 1. The smallest absolute Gasteiger partial charge is 0.275 e. The molecule has 8 heteroatoms. The van der Waals surface area contributed by atoms with Crippen LogP contribution in [0, 0.1) is 10.1 Å². The number of nitrogens with zero attached hydrogens (tertiary/aromatic N) is 3. The van der Waals surface area contributed by atoms with Gasteiger partial charge in [-0.25, -0.2) is 0 Å². The van der Waals surface area contributed by atoms with Gasteiger partial charge in [-0.1, -0.05) is 6.92 Å². The lowest BCUT2D eigenvalue weighted by molar-refractivity contribution is -0.384. The zero-order valence-electron chi connectivity index (χ0n) is 14.2. The van der Waals surface area contributed by atoms with Gasteiger partial charge in [-0.3, -0.25) is 20.0 Å². The van der Waals surface area contributed by atoms with E-state index in [1.807, 2.05) is 6.92 Å². The van der Waals surface area contributed by atoms with E-state index in [0.29, 0.717) is 24.0 Å². The molecule has 0 spiro atoms. The maximum Gasteiger partial charge on any atom is 0.275 e. The van der Waals surface area contributed by atoms with Gasteiger partial charge >= 0.3 is 0 Å². The number of non-ortho nitro benzene ring substituents is 1. The van der Waals surface area contributed by atoms with Crippen LogP contribution >= 0.6 is 0 Å². The van der Waals surface area contributed by atoms with E-state index >= 15 is 0 Å². The first kappa shape index (κ1) is 17.3. The Bertz CT molecular complexity index is 767. The highest BCUT2D eigenvalue weighted by atomic mass is 16.6. The summed E-state index contributed by atoms with van der Waals surface area (Å²) in [5, 5.41) is 18.4. The maximum absolute atomic E-state index is 13.0. The lowest BCUT2D eigenvalue weighted by Gasteiger charge is -2.29. The second-order valence-corrected chi connectivity index (χ2v) is 6.30. The molecule has 8 nitrogen and oxygen atoms in total. The molecule has 25 heavy (non-hydrogen) atoms. The number of nitro benzene ring substituents is 1. The second-order valence-electron chi connectivity index (χ2n) is 6.30. The molecular formula is C17H22N4O4. The van der Waals surface area contributed by atoms with Gasteiger partial charge in [-0.2, -0.15) is 5.10 Å². The van der Waals surface area contributed by atoms with Crippen LogP contribution in [0.1, 0.15) is 43.1 Å². The molecule has 1 fully saturated rings. The normalized spacial score (nSPS) is 17.6. The summed E-state index contributed by atoms with van der Waals surface area (Å²) in [6.45, 7) is 3.86. The first-order chi connectivity index (χ1) is 12.1. The van der Waals surface area contributed by atoms with Crippen molar-refractivity contribution in [1.29, 1.82) is 0 Å². The van der Waals surface area contributed by atoms with Crippen molar-refractivity contribution in [3.63, 3.8) is 0 Å². The Kier molecular flexibility index (Phi) is 5.28. The summed E-state index contributed by atoms with van der Waals surface area (Å²) in [5.74, 6) is -0.220. The van der Waals surface area contributed by atoms with E-state index in [1.165, 1.54) is 12.1 Å². The van der Waals surface area contributed by atoms with Crippen molar-refractivity contribution in [2.24, 2.45) is 0 Å². The zero-order chi connectivity index (χ0) is 17.8. The molecule has 1 unspecified atom stereocenters. The summed E-state index contributed by atoms with van der Waals surface area (Å²) >= 11 is 0. The maximum atomic E-state index is 13.0. The molecule has 0 saturated carbocycles. The van der Waals surface area contributed by atoms with Crippen LogP contribution in [0.15, 0.2) is 18.2 Å². The number of hydrogen-bond donors (Lipinski definition) is 1. The summed E-state index contributed by atoms with van der Waals surface area (Å²) in [5.41, 5.74) is 0.780. The van der Waals surface area contributed by atoms with E-state index in [0.717, 1.165) is 32.3 Å². The molecule has 2 heterocycles. The van der Waals surface area contributed by atoms with E-state index in [4.69, 9.17) is 4.74 Å². The fourth-order valence-corrected chi connectivity index (χ4v) is 3.17. The Balaban J connectivity index is 1.86. The number of nitro groups is 1. The van der Waals surface area contributed by atoms with Crippen molar-refractivity contribution in [1.82, 2.24) is 15.1 Å². The molecule has 1 aliphatic heterocycles. The number of benzene rings is 1. The van der Waals surface area contributed by atoms with Crippen LogP contribution in [-0.2, 0) is 4.74 Å². The molecule has 1 saturated heterocycles. The van der Waals surface area contributed by atoms with Crippen molar-refractivity contribution in [3.8, 4) is 0 Å². The third-order valence-electron chi connectivity index (χ3n) is 4.44. The molecule has 1 atom stereocenters. The molecule has 3 rings (SSSR count). The highest BCUT2D eigenvalue weighted by Crippen LogP contribution is 2.24. The minimum atomic E-state index is -0.472. The molecule has 1 N–H and O–H groups in total. The third kappa shape index (κ3) is 3.79. The first-order valence-electron chi connectivity index (χ1n) is 8.63. The van der Waals surface area contributed by atoms with Crippen molar-refractivity contribution in [3.05, 3.63) is 34.0 Å². The highest BCUT2D eigenvalue weighted by molar-refractivity contribution is 6.05. The number of carbonyl (C=O) groups is 1. The quantitative estimate of drug-likeness (QED) is 0.640. The van der Waals surface area contributed by atoms with Gasteiger partial charge in [-0.05, 0) is 31.7 Å². The van der Waals surface area contributed by atoms with Crippen molar-refractivity contribution in [2.45, 2.75) is 38.7 Å². The number of rotatable bonds is 6. The largest absolute Gasteiger partial charge is 0.376 e. The van der Waals surface area contributed by atoms with Crippen LogP contribution in [0.3, 0.4) is 0 Å². The fourth-order valence-electron chi connectivity index (χ4n) is 3.17. The van der Waals surface area contributed by atoms with Crippen LogP contribution in [0.2, 0.25) is 0 Å². The van der Waals surface area contributed by atoms with Gasteiger partial charge in [-0.15, -0.1) is 0 Å². The minimum absolute atomic E-state index is 0.0452. The van der Waals surface area contributed by atoms with E-state index in [-0.39, 0.29) is 23.4 Å². The van der Waals surface area contributed by atoms with Crippen LogP contribution in [-0.4, -0.2) is 51.7 Å². The Morgan fingerprint density at radius 3 is 3.00 bits per heavy atom. The summed E-state index contributed by atoms with van der Waals surface area (Å²) in [6.07, 6.45) is 3.98. The Labute approximate surface area is 145 Å². The number of H-pyrrole nitrogens is 1. The summed E-state index contributed by atoms with van der Waals surface area (Å²) in [7, 11) is 0. The van der Waals surface area contributed by atoms with Gasteiger partial charge in [0.25, 0.3) is 11.6 Å². The standard InChI is InChI=1S/C17H22N4O4/c1-2-8-20(11-13-5-3-4-9-25-13)17(22)16-14-10-12(21(23)24)6-7-15(14)18-19-16/h6-7,10,13H,2-5,8-9,11H2,1H3,(H,18,19).